The van der Waals surface area contributed by atoms with Crippen molar-refractivity contribution in [3.63, 3.8) is 0 Å². The second-order valence-electron chi connectivity index (χ2n) is 4.61. The second-order valence-corrected chi connectivity index (χ2v) is 5.22. The predicted molar refractivity (Wildman–Crippen MR) is 65.7 cm³/mol. The molecule has 1 amide bonds. The van der Waals surface area contributed by atoms with Crippen LogP contribution in [0.3, 0.4) is 0 Å². The number of nitrogens with zero attached hydrogens (tertiary/aromatic N) is 1. The van der Waals surface area contributed by atoms with Gasteiger partial charge in [-0.3, -0.25) is 4.79 Å². The standard InChI is InChI=1S/C12H22ClNO2/c1-14(8-11(13)9-16-2)12(15)10-6-4-3-5-7-10/h10-11H,3-9H2,1-2H3. The Morgan fingerprint density at radius 2 is 2.06 bits per heavy atom. The first-order chi connectivity index (χ1) is 7.65. The molecule has 0 aromatic heterocycles. The SMILES string of the molecule is COCC(Cl)CN(C)C(=O)C1CCCCC1. The molecule has 0 radical (unpaired) electrons. The van der Waals surface area contributed by atoms with Gasteiger partial charge in [-0.05, 0) is 12.8 Å². The number of hydrogen-bond acceptors (Lipinski definition) is 2. The van der Waals surface area contributed by atoms with Crippen molar-refractivity contribution in [2.75, 3.05) is 27.3 Å². The summed E-state index contributed by atoms with van der Waals surface area (Å²) in [6, 6.07) is 0. The highest BCUT2D eigenvalue weighted by molar-refractivity contribution is 6.21. The second kappa shape index (κ2) is 7.13. The Morgan fingerprint density at radius 3 is 2.62 bits per heavy atom. The number of carbonyl (C=O) groups is 1. The lowest BCUT2D eigenvalue weighted by Crippen LogP contribution is -2.38. The van der Waals surface area contributed by atoms with Crippen molar-refractivity contribution in [1.29, 1.82) is 0 Å². The zero-order valence-corrected chi connectivity index (χ0v) is 11.0. The van der Waals surface area contributed by atoms with Crippen LogP contribution in [-0.4, -0.2) is 43.5 Å². The summed E-state index contributed by atoms with van der Waals surface area (Å²) >= 11 is 6.04. The number of rotatable bonds is 5. The summed E-state index contributed by atoms with van der Waals surface area (Å²) in [5, 5.41) is -0.109. The number of hydrogen-bond donors (Lipinski definition) is 0. The van der Waals surface area contributed by atoms with E-state index in [-0.39, 0.29) is 17.2 Å². The van der Waals surface area contributed by atoms with Gasteiger partial charge in [0.25, 0.3) is 0 Å². The molecule has 0 N–H and O–H groups in total. The molecular weight excluding hydrogens is 226 g/mol. The molecule has 0 bridgehead atoms. The van der Waals surface area contributed by atoms with Gasteiger partial charge in [-0.15, -0.1) is 11.6 Å². The van der Waals surface area contributed by atoms with Crippen LogP contribution in [0.25, 0.3) is 0 Å². The molecular formula is C12H22ClNO2. The van der Waals surface area contributed by atoms with E-state index in [1.807, 2.05) is 7.05 Å². The number of methoxy groups -OCH3 is 1. The van der Waals surface area contributed by atoms with Crippen molar-refractivity contribution in [3.8, 4) is 0 Å². The lowest BCUT2D eigenvalue weighted by Gasteiger charge is -2.27. The summed E-state index contributed by atoms with van der Waals surface area (Å²) in [7, 11) is 3.46. The van der Waals surface area contributed by atoms with Crippen molar-refractivity contribution < 1.29 is 9.53 Å². The molecule has 0 spiro atoms. The average molecular weight is 248 g/mol. The van der Waals surface area contributed by atoms with Gasteiger partial charge in [-0.25, -0.2) is 0 Å². The molecule has 1 fully saturated rings. The van der Waals surface area contributed by atoms with Gasteiger partial charge < -0.3 is 9.64 Å². The third kappa shape index (κ3) is 4.30. The maximum absolute atomic E-state index is 12.1. The van der Waals surface area contributed by atoms with Gasteiger partial charge in [0.1, 0.15) is 0 Å². The minimum atomic E-state index is -0.109. The maximum Gasteiger partial charge on any atom is 0.225 e. The molecule has 0 saturated heterocycles. The molecule has 4 heteroatoms. The smallest absolute Gasteiger partial charge is 0.225 e. The molecule has 0 heterocycles. The predicted octanol–water partition coefficient (Wildman–Crippen LogP) is 2.28. The fraction of sp³-hybridized carbons (Fsp3) is 0.917. The fourth-order valence-corrected chi connectivity index (χ4v) is 2.61. The highest BCUT2D eigenvalue weighted by Crippen LogP contribution is 2.25. The van der Waals surface area contributed by atoms with Crippen molar-refractivity contribution in [2.45, 2.75) is 37.5 Å². The van der Waals surface area contributed by atoms with E-state index in [2.05, 4.69) is 0 Å². The number of halogens is 1. The number of amides is 1. The van der Waals surface area contributed by atoms with Gasteiger partial charge in [0.05, 0.1) is 12.0 Å². The fourth-order valence-electron chi connectivity index (χ4n) is 2.28. The highest BCUT2D eigenvalue weighted by atomic mass is 35.5. The van der Waals surface area contributed by atoms with Crippen LogP contribution < -0.4 is 0 Å². The van der Waals surface area contributed by atoms with Crippen LogP contribution in [0, 0.1) is 5.92 Å². The summed E-state index contributed by atoms with van der Waals surface area (Å²) in [6.45, 7) is 1.06. The Balaban J connectivity index is 2.34. The van der Waals surface area contributed by atoms with Crippen molar-refractivity contribution >= 4 is 17.5 Å². The van der Waals surface area contributed by atoms with Crippen LogP contribution in [0.2, 0.25) is 0 Å². The summed E-state index contributed by atoms with van der Waals surface area (Å²) in [5.74, 6) is 0.478. The lowest BCUT2D eigenvalue weighted by atomic mass is 9.88. The zero-order chi connectivity index (χ0) is 12.0. The van der Waals surface area contributed by atoms with Gasteiger partial charge in [0.2, 0.25) is 5.91 Å². The Morgan fingerprint density at radius 1 is 1.44 bits per heavy atom. The quantitative estimate of drug-likeness (QED) is 0.698. The van der Waals surface area contributed by atoms with Gasteiger partial charge >= 0.3 is 0 Å². The minimum absolute atomic E-state index is 0.109. The molecule has 3 nitrogen and oxygen atoms in total. The largest absolute Gasteiger partial charge is 0.383 e. The Hall–Kier alpha value is -0.280. The van der Waals surface area contributed by atoms with Gasteiger partial charge in [-0.2, -0.15) is 0 Å². The molecule has 0 aromatic carbocycles. The molecule has 0 aromatic rings. The first-order valence-electron chi connectivity index (χ1n) is 6.03. The third-order valence-electron chi connectivity index (χ3n) is 3.15. The molecule has 1 atom stereocenters. The van der Waals surface area contributed by atoms with Crippen LogP contribution in [0.15, 0.2) is 0 Å². The first kappa shape index (κ1) is 13.8. The number of carbonyl (C=O) groups excluding carboxylic acids is 1. The van der Waals surface area contributed by atoms with E-state index in [1.54, 1.807) is 12.0 Å². The summed E-state index contributed by atoms with van der Waals surface area (Å²) < 4.78 is 4.96. The van der Waals surface area contributed by atoms with Crippen molar-refractivity contribution in [3.05, 3.63) is 0 Å². The molecule has 1 unspecified atom stereocenters. The van der Waals surface area contributed by atoms with E-state index in [9.17, 15) is 4.79 Å². The number of ether oxygens (including phenoxy) is 1. The van der Waals surface area contributed by atoms with Crippen LogP contribution >= 0.6 is 11.6 Å². The van der Waals surface area contributed by atoms with Crippen molar-refractivity contribution in [2.24, 2.45) is 5.92 Å². The average Bonchev–Trinajstić information content (AvgIpc) is 2.29. The summed E-state index contributed by atoms with van der Waals surface area (Å²) in [5.41, 5.74) is 0. The van der Waals surface area contributed by atoms with Crippen LogP contribution in [-0.2, 0) is 9.53 Å². The Kier molecular flexibility index (Phi) is 6.14. The summed E-state index contributed by atoms with van der Waals surface area (Å²) in [6.07, 6.45) is 5.73. The van der Waals surface area contributed by atoms with E-state index in [0.717, 1.165) is 12.8 Å². The molecule has 1 saturated carbocycles. The van der Waals surface area contributed by atoms with Crippen LogP contribution in [0.5, 0.6) is 0 Å². The molecule has 1 rings (SSSR count). The van der Waals surface area contributed by atoms with E-state index < -0.39 is 0 Å². The molecule has 1 aliphatic rings. The van der Waals surface area contributed by atoms with E-state index >= 15 is 0 Å². The van der Waals surface area contributed by atoms with E-state index in [4.69, 9.17) is 16.3 Å². The monoisotopic (exact) mass is 247 g/mol. The van der Waals surface area contributed by atoms with Crippen molar-refractivity contribution in [1.82, 2.24) is 4.90 Å². The normalized spacial score (nSPS) is 19.4. The maximum atomic E-state index is 12.1. The van der Waals surface area contributed by atoms with Gasteiger partial charge in [0, 0.05) is 26.6 Å². The third-order valence-corrected chi connectivity index (χ3v) is 3.41. The van der Waals surface area contributed by atoms with Crippen LogP contribution in [0.1, 0.15) is 32.1 Å². The minimum Gasteiger partial charge on any atom is -0.383 e. The van der Waals surface area contributed by atoms with E-state index in [1.165, 1.54) is 19.3 Å². The van der Waals surface area contributed by atoms with Crippen LogP contribution in [0.4, 0.5) is 0 Å². The first-order valence-corrected chi connectivity index (χ1v) is 6.46. The molecule has 1 aliphatic carbocycles. The lowest BCUT2D eigenvalue weighted by molar-refractivity contribution is -0.135. The topological polar surface area (TPSA) is 29.5 Å². The van der Waals surface area contributed by atoms with Gasteiger partial charge in [0.15, 0.2) is 0 Å². The molecule has 16 heavy (non-hydrogen) atoms. The van der Waals surface area contributed by atoms with E-state index in [0.29, 0.717) is 13.2 Å². The molecule has 94 valence electrons. The molecule has 0 aliphatic heterocycles. The zero-order valence-electron chi connectivity index (χ0n) is 10.2. The van der Waals surface area contributed by atoms with Gasteiger partial charge in [-0.1, -0.05) is 19.3 Å². The Labute approximate surface area is 103 Å². The Bertz CT molecular complexity index is 217. The highest BCUT2D eigenvalue weighted by Gasteiger charge is 2.24. The summed E-state index contributed by atoms with van der Waals surface area (Å²) in [4.78, 5) is 13.8. The number of alkyl halides is 1.